The molecule has 0 radical (unpaired) electrons. The Bertz CT molecular complexity index is 790. The van der Waals surface area contributed by atoms with Gasteiger partial charge in [-0.25, -0.2) is 4.98 Å². The lowest BCUT2D eigenvalue weighted by molar-refractivity contribution is 1.27. The van der Waals surface area contributed by atoms with Crippen molar-refractivity contribution in [1.82, 2.24) is 4.98 Å². The van der Waals surface area contributed by atoms with Crippen LogP contribution < -0.4 is 0 Å². The second kappa shape index (κ2) is 7.47. The molecule has 0 aliphatic heterocycles. The first-order valence-electron chi connectivity index (χ1n) is 7.87. The highest BCUT2D eigenvalue weighted by atomic mass is 14.8. The van der Waals surface area contributed by atoms with Crippen molar-refractivity contribution in [2.75, 3.05) is 0 Å². The van der Waals surface area contributed by atoms with Crippen LogP contribution >= 0.6 is 0 Å². The molecule has 3 heteroatoms. The molecule has 0 saturated heterocycles. The van der Waals surface area contributed by atoms with Crippen LogP contribution in [0.4, 0.5) is 11.4 Å². The molecule has 0 unspecified atom stereocenters. The van der Waals surface area contributed by atoms with E-state index >= 15 is 0 Å². The standard InChI is InChI=1S/C21H19N3/c1-16-6-10-18(11-7-16)22-14-20-4-3-5-21(24-20)15-23-19-12-8-17(2)9-13-19/h3-15H,1-2H3. The Morgan fingerprint density at radius 3 is 1.46 bits per heavy atom. The molecule has 0 amide bonds. The zero-order valence-corrected chi connectivity index (χ0v) is 13.8. The number of rotatable bonds is 4. The molecule has 3 rings (SSSR count). The van der Waals surface area contributed by atoms with Gasteiger partial charge in [-0.1, -0.05) is 41.5 Å². The van der Waals surface area contributed by atoms with Gasteiger partial charge >= 0.3 is 0 Å². The first-order valence-corrected chi connectivity index (χ1v) is 7.87. The van der Waals surface area contributed by atoms with E-state index in [0.717, 1.165) is 22.8 Å². The van der Waals surface area contributed by atoms with Crippen LogP contribution in [-0.4, -0.2) is 17.4 Å². The van der Waals surface area contributed by atoms with Gasteiger partial charge in [-0.2, -0.15) is 0 Å². The number of benzene rings is 2. The molecule has 3 nitrogen and oxygen atoms in total. The van der Waals surface area contributed by atoms with Crippen molar-refractivity contribution >= 4 is 23.8 Å². The SMILES string of the molecule is Cc1ccc(N=Cc2cccc(C=Nc3ccc(C)cc3)n2)cc1. The minimum absolute atomic E-state index is 0.809. The number of aryl methyl sites for hydroxylation is 2. The Kier molecular flexibility index (Phi) is 4.92. The van der Waals surface area contributed by atoms with Crippen molar-refractivity contribution in [2.45, 2.75) is 13.8 Å². The molecule has 0 aliphatic rings. The Hall–Kier alpha value is -3.07. The summed E-state index contributed by atoms with van der Waals surface area (Å²) in [6.45, 7) is 4.12. The summed E-state index contributed by atoms with van der Waals surface area (Å²) in [5, 5.41) is 0. The highest BCUT2D eigenvalue weighted by molar-refractivity contribution is 5.84. The molecule has 0 fully saturated rings. The summed E-state index contributed by atoms with van der Waals surface area (Å²) in [7, 11) is 0. The van der Waals surface area contributed by atoms with E-state index in [1.54, 1.807) is 12.4 Å². The Morgan fingerprint density at radius 2 is 1.04 bits per heavy atom. The fourth-order valence-electron chi connectivity index (χ4n) is 2.16. The first kappa shape index (κ1) is 15.8. The highest BCUT2D eigenvalue weighted by Gasteiger charge is 1.94. The molecule has 0 spiro atoms. The summed E-state index contributed by atoms with van der Waals surface area (Å²) < 4.78 is 0. The van der Waals surface area contributed by atoms with E-state index in [0.29, 0.717) is 0 Å². The average molecular weight is 313 g/mol. The van der Waals surface area contributed by atoms with Gasteiger partial charge in [0.25, 0.3) is 0 Å². The third-order valence-electron chi connectivity index (χ3n) is 3.55. The van der Waals surface area contributed by atoms with Crippen LogP contribution in [0, 0.1) is 13.8 Å². The van der Waals surface area contributed by atoms with Crippen molar-refractivity contribution in [3.8, 4) is 0 Å². The van der Waals surface area contributed by atoms with E-state index in [1.807, 2.05) is 66.7 Å². The molecule has 0 saturated carbocycles. The number of nitrogens with zero attached hydrogens (tertiary/aromatic N) is 3. The summed E-state index contributed by atoms with van der Waals surface area (Å²) >= 11 is 0. The molecule has 118 valence electrons. The lowest BCUT2D eigenvalue weighted by Gasteiger charge is -1.98. The number of pyridine rings is 1. The third-order valence-corrected chi connectivity index (χ3v) is 3.55. The zero-order chi connectivity index (χ0) is 16.8. The fraction of sp³-hybridized carbons (Fsp3) is 0.0952. The number of aromatic nitrogens is 1. The van der Waals surface area contributed by atoms with E-state index in [2.05, 4.69) is 28.8 Å². The van der Waals surface area contributed by atoms with Crippen LogP contribution in [0.1, 0.15) is 22.5 Å². The van der Waals surface area contributed by atoms with Gasteiger partial charge in [0.2, 0.25) is 0 Å². The van der Waals surface area contributed by atoms with Crippen molar-refractivity contribution in [2.24, 2.45) is 9.98 Å². The maximum atomic E-state index is 4.54. The number of hydrogen-bond donors (Lipinski definition) is 0. The van der Waals surface area contributed by atoms with Gasteiger partial charge in [0.1, 0.15) is 0 Å². The zero-order valence-electron chi connectivity index (χ0n) is 13.8. The summed E-state index contributed by atoms with van der Waals surface area (Å²) in [5.41, 5.74) is 5.90. The van der Waals surface area contributed by atoms with Gasteiger partial charge in [0, 0.05) is 0 Å². The molecular weight excluding hydrogens is 294 g/mol. The normalized spacial score (nSPS) is 11.4. The van der Waals surface area contributed by atoms with Crippen LogP contribution in [0.15, 0.2) is 76.7 Å². The van der Waals surface area contributed by atoms with Gasteiger partial charge in [-0.3, -0.25) is 9.98 Å². The predicted molar refractivity (Wildman–Crippen MR) is 101 cm³/mol. The van der Waals surface area contributed by atoms with E-state index < -0.39 is 0 Å². The van der Waals surface area contributed by atoms with Crippen LogP contribution in [0.5, 0.6) is 0 Å². The molecule has 0 aliphatic carbocycles. The van der Waals surface area contributed by atoms with E-state index in [1.165, 1.54) is 11.1 Å². The molecule has 24 heavy (non-hydrogen) atoms. The molecule has 1 aromatic heterocycles. The van der Waals surface area contributed by atoms with Crippen molar-refractivity contribution in [1.29, 1.82) is 0 Å². The van der Waals surface area contributed by atoms with Gasteiger partial charge < -0.3 is 0 Å². The van der Waals surface area contributed by atoms with E-state index in [9.17, 15) is 0 Å². The maximum absolute atomic E-state index is 4.54. The number of aliphatic imine (C=N–C) groups is 2. The molecule has 1 heterocycles. The Labute approximate surface area is 142 Å². The largest absolute Gasteiger partial charge is 0.255 e. The van der Waals surface area contributed by atoms with Crippen LogP contribution in [-0.2, 0) is 0 Å². The highest BCUT2D eigenvalue weighted by Crippen LogP contribution is 2.13. The molecule has 3 aromatic rings. The molecule has 0 atom stereocenters. The lowest BCUT2D eigenvalue weighted by atomic mass is 10.2. The minimum Gasteiger partial charge on any atom is -0.255 e. The summed E-state index contributed by atoms with van der Waals surface area (Å²) in [6.07, 6.45) is 3.54. The Morgan fingerprint density at radius 1 is 0.625 bits per heavy atom. The third kappa shape index (κ3) is 4.46. The summed E-state index contributed by atoms with van der Waals surface area (Å²) in [6, 6.07) is 22.0. The van der Waals surface area contributed by atoms with Gasteiger partial charge in [0.05, 0.1) is 35.2 Å². The minimum atomic E-state index is 0.809. The van der Waals surface area contributed by atoms with E-state index in [4.69, 9.17) is 0 Å². The molecular formula is C21H19N3. The first-order chi connectivity index (χ1) is 11.7. The lowest BCUT2D eigenvalue weighted by Crippen LogP contribution is -1.92. The summed E-state index contributed by atoms with van der Waals surface area (Å²) in [5.74, 6) is 0. The molecule has 0 bridgehead atoms. The van der Waals surface area contributed by atoms with Gasteiger partial charge in [0.15, 0.2) is 0 Å². The maximum Gasteiger partial charge on any atom is 0.0820 e. The second-order valence-corrected chi connectivity index (χ2v) is 5.67. The van der Waals surface area contributed by atoms with Crippen molar-refractivity contribution < 1.29 is 0 Å². The van der Waals surface area contributed by atoms with Gasteiger partial charge in [-0.05, 0) is 50.2 Å². The van der Waals surface area contributed by atoms with Crippen LogP contribution in [0.2, 0.25) is 0 Å². The van der Waals surface area contributed by atoms with Gasteiger partial charge in [-0.15, -0.1) is 0 Å². The topological polar surface area (TPSA) is 37.6 Å². The van der Waals surface area contributed by atoms with Crippen LogP contribution in [0.25, 0.3) is 0 Å². The second-order valence-electron chi connectivity index (χ2n) is 5.67. The smallest absolute Gasteiger partial charge is 0.0820 e. The monoisotopic (exact) mass is 313 g/mol. The molecule has 2 aromatic carbocycles. The van der Waals surface area contributed by atoms with Crippen LogP contribution in [0.3, 0.4) is 0 Å². The quantitative estimate of drug-likeness (QED) is 0.610. The van der Waals surface area contributed by atoms with Crippen molar-refractivity contribution in [3.63, 3.8) is 0 Å². The summed E-state index contributed by atoms with van der Waals surface area (Å²) in [4.78, 5) is 13.4. The fourth-order valence-corrected chi connectivity index (χ4v) is 2.16. The Balaban J connectivity index is 1.74. The van der Waals surface area contributed by atoms with E-state index in [-0.39, 0.29) is 0 Å². The number of hydrogen-bond acceptors (Lipinski definition) is 3. The van der Waals surface area contributed by atoms with Crippen molar-refractivity contribution in [3.05, 3.63) is 89.2 Å². The average Bonchev–Trinajstić information content (AvgIpc) is 2.61. The molecule has 0 N–H and O–H groups in total. The predicted octanol–water partition coefficient (Wildman–Crippen LogP) is 5.20.